The normalized spacial score (nSPS) is 16.3. The molecule has 0 aromatic heterocycles. The van der Waals surface area contributed by atoms with Gasteiger partial charge in [-0.1, -0.05) is 32.0 Å². The molecule has 0 aliphatic carbocycles. The van der Waals surface area contributed by atoms with E-state index in [0.717, 1.165) is 43.7 Å². The van der Waals surface area contributed by atoms with Crippen LogP contribution < -0.4 is 15.4 Å². The number of rotatable bonds is 7. The summed E-state index contributed by atoms with van der Waals surface area (Å²) in [6, 6.07) is 8.07. The topological polar surface area (TPSA) is 50.4 Å². The second-order valence-corrected chi connectivity index (χ2v) is 6.69. The van der Waals surface area contributed by atoms with Gasteiger partial charge in [0.05, 0.1) is 12.6 Å². The van der Waals surface area contributed by atoms with Crippen LogP contribution in [0.4, 0.5) is 0 Å². The Hall–Kier alpha value is -1.26. The molecule has 1 amide bonds. The minimum absolute atomic E-state index is 0. The van der Waals surface area contributed by atoms with Crippen molar-refractivity contribution in [2.75, 3.05) is 19.7 Å². The van der Waals surface area contributed by atoms with Gasteiger partial charge in [-0.2, -0.15) is 0 Å². The van der Waals surface area contributed by atoms with E-state index in [0.29, 0.717) is 12.5 Å². The third-order valence-electron chi connectivity index (χ3n) is 4.33. The molecule has 24 heavy (non-hydrogen) atoms. The van der Waals surface area contributed by atoms with Gasteiger partial charge < -0.3 is 15.4 Å². The molecule has 136 valence electrons. The number of ether oxygens (including phenoxy) is 1. The Morgan fingerprint density at radius 1 is 1.29 bits per heavy atom. The molecule has 2 rings (SSSR count). The molecule has 1 aliphatic heterocycles. The van der Waals surface area contributed by atoms with Gasteiger partial charge in [0.2, 0.25) is 5.91 Å². The highest BCUT2D eigenvalue weighted by atomic mass is 35.5. The monoisotopic (exact) mass is 354 g/mol. The van der Waals surface area contributed by atoms with E-state index < -0.39 is 0 Å². The van der Waals surface area contributed by atoms with Crippen LogP contribution in [-0.4, -0.2) is 25.6 Å². The van der Waals surface area contributed by atoms with Crippen molar-refractivity contribution in [2.24, 2.45) is 11.8 Å². The molecular formula is C19H31ClN2O2. The lowest BCUT2D eigenvalue weighted by Gasteiger charge is -2.27. The molecule has 0 spiro atoms. The van der Waals surface area contributed by atoms with Crippen molar-refractivity contribution in [2.45, 2.75) is 46.1 Å². The Labute approximate surface area is 152 Å². The fourth-order valence-electron chi connectivity index (χ4n) is 3.16. The van der Waals surface area contributed by atoms with Gasteiger partial charge in [0, 0.05) is 11.5 Å². The summed E-state index contributed by atoms with van der Waals surface area (Å²) in [4.78, 5) is 12.7. The summed E-state index contributed by atoms with van der Waals surface area (Å²) in [5.41, 5.74) is 1.09. The number of piperidine rings is 1. The third-order valence-corrected chi connectivity index (χ3v) is 4.33. The molecule has 0 bridgehead atoms. The van der Waals surface area contributed by atoms with Gasteiger partial charge >= 0.3 is 0 Å². The van der Waals surface area contributed by atoms with Crippen molar-refractivity contribution < 1.29 is 9.53 Å². The van der Waals surface area contributed by atoms with E-state index >= 15 is 0 Å². The zero-order valence-corrected chi connectivity index (χ0v) is 15.8. The number of hydrogen-bond acceptors (Lipinski definition) is 3. The molecule has 1 heterocycles. The highest BCUT2D eigenvalue weighted by Gasteiger charge is 2.25. The number of halogens is 1. The summed E-state index contributed by atoms with van der Waals surface area (Å²) in [6.45, 7) is 8.86. The van der Waals surface area contributed by atoms with Crippen molar-refractivity contribution >= 4 is 18.3 Å². The number of benzene rings is 1. The van der Waals surface area contributed by atoms with Crippen LogP contribution in [0.15, 0.2) is 24.3 Å². The molecule has 0 radical (unpaired) electrons. The quantitative estimate of drug-likeness (QED) is 0.784. The van der Waals surface area contributed by atoms with Crippen LogP contribution in [-0.2, 0) is 4.79 Å². The SMILES string of the molecule is CCOc1ccccc1C(CC(C)C)NC(=O)C1CCNCC1.Cl. The van der Waals surface area contributed by atoms with Crippen LogP contribution in [0, 0.1) is 11.8 Å². The summed E-state index contributed by atoms with van der Waals surface area (Å²) in [5.74, 6) is 1.70. The molecule has 5 heteroatoms. The average molecular weight is 355 g/mol. The van der Waals surface area contributed by atoms with Crippen LogP contribution in [0.1, 0.15) is 51.6 Å². The van der Waals surface area contributed by atoms with Crippen LogP contribution >= 0.6 is 12.4 Å². The predicted molar refractivity (Wildman–Crippen MR) is 101 cm³/mol. The van der Waals surface area contributed by atoms with E-state index in [1.165, 1.54) is 0 Å². The summed E-state index contributed by atoms with van der Waals surface area (Å²) in [5, 5.41) is 6.60. The highest BCUT2D eigenvalue weighted by molar-refractivity contribution is 5.85. The maximum atomic E-state index is 12.7. The minimum Gasteiger partial charge on any atom is -0.494 e. The number of carbonyl (C=O) groups excluding carboxylic acids is 1. The Bertz CT molecular complexity index is 502. The number of carbonyl (C=O) groups is 1. The molecule has 4 nitrogen and oxygen atoms in total. The van der Waals surface area contributed by atoms with Crippen molar-refractivity contribution in [1.82, 2.24) is 10.6 Å². The Balaban J connectivity index is 0.00000288. The molecular weight excluding hydrogens is 324 g/mol. The zero-order chi connectivity index (χ0) is 16.7. The predicted octanol–water partition coefficient (Wildman–Crippen LogP) is 3.71. The largest absolute Gasteiger partial charge is 0.494 e. The highest BCUT2D eigenvalue weighted by Crippen LogP contribution is 2.30. The van der Waals surface area contributed by atoms with E-state index in [4.69, 9.17) is 4.74 Å². The Morgan fingerprint density at radius 2 is 1.96 bits per heavy atom. The molecule has 2 N–H and O–H groups in total. The third kappa shape index (κ3) is 5.99. The molecule has 1 atom stereocenters. The lowest BCUT2D eigenvalue weighted by atomic mass is 9.93. The number of para-hydroxylation sites is 1. The van der Waals surface area contributed by atoms with Gasteiger partial charge in [-0.25, -0.2) is 0 Å². The summed E-state index contributed by atoms with van der Waals surface area (Å²) in [6.07, 6.45) is 2.77. The lowest BCUT2D eigenvalue weighted by molar-refractivity contribution is -0.126. The summed E-state index contributed by atoms with van der Waals surface area (Å²) < 4.78 is 5.77. The van der Waals surface area contributed by atoms with Crippen molar-refractivity contribution in [3.63, 3.8) is 0 Å². The van der Waals surface area contributed by atoms with E-state index in [2.05, 4.69) is 30.5 Å². The first-order valence-corrected chi connectivity index (χ1v) is 8.84. The first kappa shape index (κ1) is 20.8. The van der Waals surface area contributed by atoms with Crippen LogP contribution in [0.3, 0.4) is 0 Å². The van der Waals surface area contributed by atoms with Gasteiger partial charge in [-0.05, 0) is 51.3 Å². The van der Waals surface area contributed by atoms with Gasteiger partial charge in [0.15, 0.2) is 0 Å². The number of hydrogen-bond donors (Lipinski definition) is 2. The molecule has 1 saturated heterocycles. The maximum Gasteiger partial charge on any atom is 0.223 e. The van der Waals surface area contributed by atoms with Crippen molar-refractivity contribution in [1.29, 1.82) is 0 Å². The first-order chi connectivity index (χ1) is 11.1. The first-order valence-electron chi connectivity index (χ1n) is 8.84. The second kappa shape index (κ2) is 10.6. The minimum atomic E-state index is 0. The molecule has 1 aromatic carbocycles. The van der Waals surface area contributed by atoms with E-state index in [1.54, 1.807) is 0 Å². The Kier molecular flexibility index (Phi) is 9.16. The summed E-state index contributed by atoms with van der Waals surface area (Å²) >= 11 is 0. The maximum absolute atomic E-state index is 12.7. The Morgan fingerprint density at radius 3 is 2.58 bits per heavy atom. The van der Waals surface area contributed by atoms with Crippen LogP contribution in [0.25, 0.3) is 0 Å². The van der Waals surface area contributed by atoms with Crippen LogP contribution in [0.5, 0.6) is 5.75 Å². The zero-order valence-electron chi connectivity index (χ0n) is 15.0. The van der Waals surface area contributed by atoms with Gasteiger partial charge in [-0.3, -0.25) is 4.79 Å². The average Bonchev–Trinajstić information content (AvgIpc) is 2.55. The van der Waals surface area contributed by atoms with Crippen molar-refractivity contribution in [3.8, 4) is 5.75 Å². The van der Waals surface area contributed by atoms with Gasteiger partial charge in [0.1, 0.15) is 5.75 Å². The molecule has 1 aliphatic rings. The fraction of sp³-hybridized carbons (Fsp3) is 0.632. The smallest absolute Gasteiger partial charge is 0.223 e. The van der Waals surface area contributed by atoms with Crippen molar-refractivity contribution in [3.05, 3.63) is 29.8 Å². The van der Waals surface area contributed by atoms with Crippen LogP contribution in [0.2, 0.25) is 0 Å². The van der Waals surface area contributed by atoms with E-state index in [-0.39, 0.29) is 30.3 Å². The van der Waals surface area contributed by atoms with Gasteiger partial charge in [-0.15, -0.1) is 12.4 Å². The molecule has 0 saturated carbocycles. The van der Waals surface area contributed by atoms with E-state index in [9.17, 15) is 4.79 Å². The molecule has 1 aromatic rings. The second-order valence-electron chi connectivity index (χ2n) is 6.69. The molecule has 1 unspecified atom stereocenters. The number of nitrogens with one attached hydrogen (secondary N) is 2. The van der Waals surface area contributed by atoms with Gasteiger partial charge in [0.25, 0.3) is 0 Å². The fourth-order valence-corrected chi connectivity index (χ4v) is 3.16. The lowest BCUT2D eigenvalue weighted by Crippen LogP contribution is -2.40. The number of amides is 1. The van der Waals surface area contributed by atoms with E-state index in [1.807, 2.05) is 25.1 Å². The standard InChI is InChI=1S/C19H30N2O2.ClH/c1-4-23-18-8-6-5-7-16(18)17(13-14(2)3)21-19(22)15-9-11-20-12-10-15;/h5-8,14-15,17,20H,4,9-13H2,1-3H3,(H,21,22);1H. The molecule has 1 fully saturated rings. The summed E-state index contributed by atoms with van der Waals surface area (Å²) in [7, 11) is 0.